The van der Waals surface area contributed by atoms with Gasteiger partial charge in [-0.3, -0.25) is 4.79 Å². The second-order valence-corrected chi connectivity index (χ2v) is 6.03. The third-order valence-corrected chi connectivity index (χ3v) is 4.75. The van der Waals surface area contributed by atoms with E-state index in [0.717, 1.165) is 5.03 Å². The highest BCUT2D eigenvalue weighted by Crippen LogP contribution is 2.35. The highest BCUT2D eigenvalue weighted by atomic mass is 33.1. The Hall–Kier alpha value is -1.08. The summed E-state index contributed by atoms with van der Waals surface area (Å²) in [4.78, 5) is 24.6. The van der Waals surface area contributed by atoms with E-state index in [0.29, 0.717) is 12.1 Å². The second-order valence-electron chi connectivity index (χ2n) is 3.37. The normalized spacial score (nSPS) is 12.1. The predicted octanol–water partition coefficient (Wildman–Crippen LogP) is 3.47. The molecular weight excluding hydrogens is 260 g/mol. The lowest BCUT2D eigenvalue weighted by Gasteiger charge is -2.07. The van der Waals surface area contributed by atoms with Gasteiger partial charge < -0.3 is 5.11 Å². The molecule has 0 saturated heterocycles. The SMILES string of the molecule is CC(CCC(=O)O)SSc1ccc(N=O)cn1. The Balaban J connectivity index is 2.33. The average Bonchev–Trinajstić information content (AvgIpc) is 2.34. The zero-order valence-electron chi connectivity index (χ0n) is 9.20. The topological polar surface area (TPSA) is 79.6 Å². The Morgan fingerprint density at radius 1 is 1.59 bits per heavy atom. The molecule has 0 fully saturated rings. The summed E-state index contributed by atoms with van der Waals surface area (Å²) in [6.45, 7) is 1.97. The lowest BCUT2D eigenvalue weighted by Crippen LogP contribution is -2.00. The molecule has 1 rings (SSSR count). The highest BCUT2D eigenvalue weighted by Gasteiger charge is 2.07. The summed E-state index contributed by atoms with van der Waals surface area (Å²) in [6, 6.07) is 3.32. The Labute approximate surface area is 107 Å². The number of nitroso groups, excluding NO2 is 1. The molecule has 0 saturated carbocycles. The van der Waals surface area contributed by atoms with Crippen LogP contribution in [0.4, 0.5) is 5.69 Å². The Morgan fingerprint density at radius 3 is 2.88 bits per heavy atom. The number of pyridine rings is 1. The van der Waals surface area contributed by atoms with Crippen molar-refractivity contribution in [2.24, 2.45) is 5.18 Å². The fourth-order valence-electron chi connectivity index (χ4n) is 0.982. The number of aliphatic carboxylic acids is 1. The first-order chi connectivity index (χ1) is 8.11. The summed E-state index contributed by atoms with van der Waals surface area (Å²) < 4.78 is 0. The summed E-state index contributed by atoms with van der Waals surface area (Å²) in [5.41, 5.74) is 0.304. The standard InChI is InChI=1S/C10H12N2O3S2/c1-7(2-5-10(13)14)16-17-9-4-3-8(12-15)6-11-9/h3-4,6-7H,2,5H2,1H3,(H,13,14). The van der Waals surface area contributed by atoms with Crippen molar-refractivity contribution >= 4 is 33.2 Å². The zero-order valence-corrected chi connectivity index (χ0v) is 10.8. The molecule has 0 spiro atoms. The minimum atomic E-state index is -0.776. The van der Waals surface area contributed by atoms with E-state index < -0.39 is 5.97 Å². The summed E-state index contributed by atoms with van der Waals surface area (Å²) in [5, 5.41) is 12.3. The minimum absolute atomic E-state index is 0.177. The van der Waals surface area contributed by atoms with E-state index in [-0.39, 0.29) is 11.7 Å². The van der Waals surface area contributed by atoms with Crippen molar-refractivity contribution in [1.29, 1.82) is 0 Å². The first-order valence-electron chi connectivity index (χ1n) is 4.96. The first kappa shape index (κ1) is 14.0. The number of nitrogens with zero attached hydrogens (tertiary/aromatic N) is 2. The van der Waals surface area contributed by atoms with Gasteiger partial charge in [-0.15, -0.1) is 4.91 Å². The molecule has 1 N–H and O–H groups in total. The van der Waals surface area contributed by atoms with Crippen LogP contribution in [0.3, 0.4) is 0 Å². The van der Waals surface area contributed by atoms with Crippen molar-refractivity contribution in [3.05, 3.63) is 23.2 Å². The van der Waals surface area contributed by atoms with Crippen LogP contribution in [0.15, 0.2) is 28.5 Å². The van der Waals surface area contributed by atoms with Crippen molar-refractivity contribution in [2.45, 2.75) is 30.0 Å². The van der Waals surface area contributed by atoms with Gasteiger partial charge in [0.1, 0.15) is 10.7 Å². The van der Waals surface area contributed by atoms with Crippen LogP contribution < -0.4 is 0 Å². The van der Waals surface area contributed by atoms with Crippen LogP contribution in [-0.2, 0) is 4.79 Å². The maximum Gasteiger partial charge on any atom is 0.303 e. The van der Waals surface area contributed by atoms with Crippen LogP contribution in [-0.4, -0.2) is 21.3 Å². The van der Waals surface area contributed by atoms with Crippen LogP contribution in [0.5, 0.6) is 0 Å². The van der Waals surface area contributed by atoms with Gasteiger partial charge >= 0.3 is 5.97 Å². The van der Waals surface area contributed by atoms with Crippen LogP contribution >= 0.6 is 21.6 Å². The van der Waals surface area contributed by atoms with Gasteiger partial charge in [-0.05, 0) is 34.5 Å². The molecule has 0 aliphatic carbocycles. The van der Waals surface area contributed by atoms with E-state index in [4.69, 9.17) is 5.11 Å². The van der Waals surface area contributed by atoms with Gasteiger partial charge in [0.25, 0.3) is 0 Å². The quantitative estimate of drug-likeness (QED) is 0.604. The van der Waals surface area contributed by atoms with Crippen molar-refractivity contribution in [2.75, 3.05) is 0 Å². The molecule has 92 valence electrons. The molecule has 0 bridgehead atoms. The molecule has 0 aliphatic heterocycles. The fraction of sp³-hybridized carbons (Fsp3) is 0.400. The number of carbonyl (C=O) groups is 1. The number of aromatic nitrogens is 1. The van der Waals surface area contributed by atoms with Crippen LogP contribution in [0.1, 0.15) is 19.8 Å². The number of hydrogen-bond donors (Lipinski definition) is 1. The van der Waals surface area contributed by atoms with Gasteiger partial charge in [-0.25, -0.2) is 4.98 Å². The molecule has 0 aliphatic rings. The van der Waals surface area contributed by atoms with E-state index in [9.17, 15) is 9.70 Å². The van der Waals surface area contributed by atoms with Gasteiger partial charge in [0, 0.05) is 11.7 Å². The van der Waals surface area contributed by atoms with Gasteiger partial charge in [-0.1, -0.05) is 17.7 Å². The monoisotopic (exact) mass is 272 g/mol. The molecule has 7 heteroatoms. The summed E-state index contributed by atoms with van der Waals surface area (Å²) in [5.74, 6) is -0.776. The Kier molecular flexibility index (Phi) is 5.99. The minimum Gasteiger partial charge on any atom is -0.481 e. The summed E-state index contributed by atoms with van der Waals surface area (Å²) in [7, 11) is 3.04. The Bertz CT molecular complexity index is 384. The summed E-state index contributed by atoms with van der Waals surface area (Å²) >= 11 is 0. The zero-order chi connectivity index (χ0) is 12.7. The molecular formula is C10H12N2O3S2. The second kappa shape index (κ2) is 7.29. The number of rotatable bonds is 7. The van der Waals surface area contributed by atoms with E-state index in [1.165, 1.54) is 17.0 Å². The molecule has 0 radical (unpaired) electrons. The van der Waals surface area contributed by atoms with E-state index in [2.05, 4.69) is 10.2 Å². The lowest BCUT2D eigenvalue weighted by atomic mass is 10.2. The van der Waals surface area contributed by atoms with Crippen molar-refractivity contribution in [1.82, 2.24) is 4.98 Å². The predicted molar refractivity (Wildman–Crippen MR) is 69.5 cm³/mol. The summed E-state index contributed by atoms with van der Waals surface area (Å²) in [6.07, 6.45) is 2.22. The smallest absolute Gasteiger partial charge is 0.303 e. The van der Waals surface area contributed by atoms with E-state index >= 15 is 0 Å². The van der Waals surface area contributed by atoms with Crippen LogP contribution in [0.25, 0.3) is 0 Å². The van der Waals surface area contributed by atoms with Crippen LogP contribution in [0, 0.1) is 4.91 Å². The number of hydrogen-bond acceptors (Lipinski definition) is 6. The van der Waals surface area contributed by atoms with E-state index in [1.807, 2.05) is 6.92 Å². The largest absolute Gasteiger partial charge is 0.481 e. The number of carboxylic acids is 1. The van der Waals surface area contributed by atoms with Crippen molar-refractivity contribution in [3.63, 3.8) is 0 Å². The fourth-order valence-corrected chi connectivity index (χ4v) is 3.05. The molecule has 1 heterocycles. The van der Waals surface area contributed by atoms with Gasteiger partial charge in [0.05, 0.1) is 6.20 Å². The van der Waals surface area contributed by atoms with Gasteiger partial charge in [0.15, 0.2) is 0 Å². The third kappa shape index (κ3) is 5.69. The highest BCUT2D eigenvalue weighted by molar-refractivity contribution is 8.76. The lowest BCUT2D eigenvalue weighted by molar-refractivity contribution is -0.137. The molecule has 0 aromatic carbocycles. The molecule has 17 heavy (non-hydrogen) atoms. The molecule has 1 unspecified atom stereocenters. The number of carboxylic acid groups (broad SMARTS) is 1. The molecule has 1 atom stereocenters. The average molecular weight is 272 g/mol. The van der Waals surface area contributed by atoms with Gasteiger partial charge in [-0.2, -0.15) is 0 Å². The van der Waals surface area contributed by atoms with Crippen LogP contribution in [0.2, 0.25) is 0 Å². The van der Waals surface area contributed by atoms with Gasteiger partial charge in [0.2, 0.25) is 0 Å². The molecule has 1 aromatic rings. The maximum atomic E-state index is 10.4. The molecule has 0 amide bonds. The first-order valence-corrected chi connectivity index (χ1v) is 7.17. The molecule has 1 aromatic heterocycles. The van der Waals surface area contributed by atoms with Crippen molar-refractivity contribution < 1.29 is 9.90 Å². The maximum absolute atomic E-state index is 10.4. The van der Waals surface area contributed by atoms with Crippen molar-refractivity contribution in [3.8, 4) is 0 Å². The molecule has 5 nitrogen and oxygen atoms in total. The Morgan fingerprint density at radius 2 is 2.35 bits per heavy atom. The van der Waals surface area contributed by atoms with E-state index in [1.54, 1.807) is 22.9 Å². The third-order valence-electron chi connectivity index (χ3n) is 1.89.